The largest absolute Gasteiger partial charge is 0.480 e. The molecule has 0 amide bonds. The molecule has 0 bridgehead atoms. The zero-order valence-corrected chi connectivity index (χ0v) is 8.45. The molecule has 0 fully saturated rings. The molecule has 1 atom stereocenters. The van der Waals surface area contributed by atoms with Crippen LogP contribution in [0.15, 0.2) is 24.3 Å². The van der Waals surface area contributed by atoms with E-state index in [2.05, 4.69) is 9.47 Å². The van der Waals surface area contributed by atoms with Gasteiger partial charge in [0.25, 0.3) is 0 Å². The molecule has 0 saturated heterocycles. The molecule has 1 aromatic carbocycles. The lowest BCUT2D eigenvalue weighted by atomic mass is 10.2. The monoisotopic (exact) mass is 170 g/mol. The van der Waals surface area contributed by atoms with E-state index in [-0.39, 0.29) is 0 Å². The van der Waals surface area contributed by atoms with Crippen molar-refractivity contribution >= 4 is 9.47 Å². The molecule has 0 spiro atoms. The molecule has 62 valence electrons. The number of aryl methyl sites for hydroxylation is 1. The first-order valence-corrected chi connectivity index (χ1v) is 4.23. The van der Waals surface area contributed by atoms with Gasteiger partial charge < -0.3 is 4.52 Å². The summed E-state index contributed by atoms with van der Waals surface area (Å²) < 4.78 is 4.91. The van der Waals surface area contributed by atoms with E-state index in [1.54, 1.807) is 0 Å². The minimum atomic E-state index is 0.889. The number of hydrogen-bond donors (Lipinski definition) is 0. The zero-order chi connectivity index (χ0) is 8.69. The molecule has 1 rings (SSSR count). The van der Waals surface area contributed by atoms with Crippen LogP contribution < -0.4 is 4.52 Å². The quantitative estimate of drug-likeness (QED) is 0.588. The van der Waals surface area contributed by atoms with Crippen LogP contribution in [0.25, 0.3) is 0 Å². The molecule has 11 heavy (non-hydrogen) atoms. The third-order valence-electron chi connectivity index (χ3n) is 1.13. The van der Waals surface area contributed by atoms with Gasteiger partial charge in [0.2, 0.25) is 0 Å². The van der Waals surface area contributed by atoms with E-state index in [0.717, 1.165) is 5.75 Å². The van der Waals surface area contributed by atoms with E-state index >= 15 is 0 Å². The standard InChI is InChI=1S/C7H9OP.C2H6/c1-6-3-2-4-7(5-6)8-9;1-2/h2-5H,9H2,1H3;1-2H3. The molecular formula is C9H15OP. The van der Waals surface area contributed by atoms with Gasteiger partial charge in [-0.3, -0.25) is 0 Å². The summed E-state index contributed by atoms with van der Waals surface area (Å²) >= 11 is 0. The van der Waals surface area contributed by atoms with Crippen molar-refractivity contribution in [1.29, 1.82) is 0 Å². The molecule has 0 heterocycles. The second kappa shape index (κ2) is 6.18. The number of benzene rings is 1. The minimum absolute atomic E-state index is 0.889. The first-order chi connectivity index (χ1) is 5.33. The summed E-state index contributed by atoms with van der Waals surface area (Å²) in [6.07, 6.45) is 0. The number of hydrogen-bond acceptors (Lipinski definition) is 1. The van der Waals surface area contributed by atoms with Crippen LogP contribution in [0.2, 0.25) is 0 Å². The van der Waals surface area contributed by atoms with Crippen LogP contribution in [0, 0.1) is 6.92 Å². The van der Waals surface area contributed by atoms with Crippen molar-refractivity contribution in [2.45, 2.75) is 20.8 Å². The highest BCUT2D eigenvalue weighted by atomic mass is 31.0. The van der Waals surface area contributed by atoms with Crippen molar-refractivity contribution in [2.24, 2.45) is 0 Å². The van der Waals surface area contributed by atoms with Crippen LogP contribution in [0.5, 0.6) is 5.75 Å². The molecule has 0 N–H and O–H groups in total. The van der Waals surface area contributed by atoms with Crippen LogP contribution in [-0.2, 0) is 0 Å². The van der Waals surface area contributed by atoms with Crippen LogP contribution in [0.1, 0.15) is 19.4 Å². The Balaban J connectivity index is 0.000000461. The van der Waals surface area contributed by atoms with Gasteiger partial charge in [-0.2, -0.15) is 0 Å². The Morgan fingerprint density at radius 3 is 2.27 bits per heavy atom. The predicted molar refractivity (Wildman–Crippen MR) is 52.9 cm³/mol. The van der Waals surface area contributed by atoms with E-state index in [9.17, 15) is 0 Å². The minimum Gasteiger partial charge on any atom is -0.480 e. The average Bonchev–Trinajstić information content (AvgIpc) is 2.08. The maximum absolute atomic E-state index is 4.91. The van der Waals surface area contributed by atoms with Crippen molar-refractivity contribution in [3.63, 3.8) is 0 Å². The first-order valence-electron chi connectivity index (χ1n) is 3.76. The highest BCUT2D eigenvalue weighted by Crippen LogP contribution is 2.13. The molecule has 0 aliphatic carbocycles. The second-order valence-electron chi connectivity index (χ2n) is 1.93. The fourth-order valence-corrected chi connectivity index (χ4v) is 0.835. The van der Waals surface area contributed by atoms with Crippen molar-refractivity contribution in [2.75, 3.05) is 0 Å². The summed E-state index contributed by atoms with van der Waals surface area (Å²) in [5.41, 5.74) is 1.22. The molecule has 0 radical (unpaired) electrons. The van der Waals surface area contributed by atoms with E-state index in [4.69, 9.17) is 4.52 Å². The summed E-state index contributed by atoms with van der Waals surface area (Å²) in [7, 11) is 2.22. The Labute approximate surface area is 71.1 Å². The van der Waals surface area contributed by atoms with Crippen LogP contribution >= 0.6 is 9.47 Å². The molecule has 1 aromatic rings. The molecule has 0 aliphatic rings. The van der Waals surface area contributed by atoms with Gasteiger partial charge in [0.05, 0.1) is 9.47 Å². The van der Waals surface area contributed by atoms with Crippen molar-refractivity contribution < 1.29 is 4.52 Å². The lowest BCUT2D eigenvalue weighted by Crippen LogP contribution is -1.74. The lowest BCUT2D eigenvalue weighted by Gasteiger charge is -1.97. The maximum Gasteiger partial charge on any atom is 0.122 e. The molecule has 0 aliphatic heterocycles. The first kappa shape index (κ1) is 10.4. The van der Waals surface area contributed by atoms with Gasteiger partial charge in [0, 0.05) is 0 Å². The van der Waals surface area contributed by atoms with Crippen LogP contribution in [0.4, 0.5) is 0 Å². The number of rotatable bonds is 1. The summed E-state index contributed by atoms with van der Waals surface area (Å²) in [5.74, 6) is 0.889. The Hall–Kier alpha value is -0.550. The molecule has 0 aromatic heterocycles. The molecule has 0 saturated carbocycles. The van der Waals surface area contributed by atoms with Gasteiger partial charge in [0.15, 0.2) is 0 Å². The van der Waals surface area contributed by atoms with Crippen molar-refractivity contribution in [3.05, 3.63) is 29.8 Å². The fourth-order valence-electron chi connectivity index (χ4n) is 0.689. The Bertz CT molecular complexity index is 199. The topological polar surface area (TPSA) is 9.23 Å². The Kier molecular flexibility index (Phi) is 5.87. The molecule has 1 unspecified atom stereocenters. The highest BCUT2D eigenvalue weighted by molar-refractivity contribution is 7.10. The van der Waals surface area contributed by atoms with Gasteiger partial charge in [-0.1, -0.05) is 26.0 Å². The molecule has 2 heteroatoms. The average molecular weight is 170 g/mol. The normalized spacial score (nSPS) is 8.00. The SMILES string of the molecule is CC.Cc1cccc(OP)c1. The van der Waals surface area contributed by atoms with E-state index in [1.807, 2.05) is 45.0 Å². The molecule has 1 nitrogen and oxygen atoms in total. The fraction of sp³-hybridized carbons (Fsp3) is 0.333. The Morgan fingerprint density at radius 2 is 1.91 bits per heavy atom. The predicted octanol–water partition coefficient (Wildman–Crippen LogP) is 3.19. The lowest BCUT2D eigenvalue weighted by molar-refractivity contribution is 0.645. The van der Waals surface area contributed by atoms with Crippen molar-refractivity contribution in [1.82, 2.24) is 0 Å². The molecular weight excluding hydrogens is 155 g/mol. The van der Waals surface area contributed by atoms with E-state index in [0.29, 0.717) is 0 Å². The second-order valence-corrected chi connectivity index (χ2v) is 2.17. The van der Waals surface area contributed by atoms with Gasteiger partial charge >= 0.3 is 0 Å². The summed E-state index contributed by atoms with van der Waals surface area (Å²) in [5, 5.41) is 0. The van der Waals surface area contributed by atoms with Gasteiger partial charge in [-0.15, -0.1) is 0 Å². The maximum atomic E-state index is 4.91. The zero-order valence-electron chi connectivity index (χ0n) is 7.29. The van der Waals surface area contributed by atoms with Crippen LogP contribution in [-0.4, -0.2) is 0 Å². The Morgan fingerprint density at radius 1 is 1.27 bits per heavy atom. The third kappa shape index (κ3) is 4.00. The highest BCUT2D eigenvalue weighted by Gasteiger charge is 1.86. The van der Waals surface area contributed by atoms with Crippen molar-refractivity contribution in [3.8, 4) is 5.75 Å². The van der Waals surface area contributed by atoms with Gasteiger partial charge in [-0.05, 0) is 24.6 Å². The summed E-state index contributed by atoms with van der Waals surface area (Å²) in [6, 6.07) is 7.90. The van der Waals surface area contributed by atoms with E-state index in [1.165, 1.54) is 5.56 Å². The summed E-state index contributed by atoms with van der Waals surface area (Å²) in [4.78, 5) is 0. The van der Waals surface area contributed by atoms with E-state index < -0.39 is 0 Å². The van der Waals surface area contributed by atoms with Crippen LogP contribution in [0.3, 0.4) is 0 Å². The third-order valence-corrected chi connectivity index (χ3v) is 1.40. The smallest absolute Gasteiger partial charge is 0.122 e. The summed E-state index contributed by atoms with van der Waals surface area (Å²) in [6.45, 7) is 6.03. The van der Waals surface area contributed by atoms with Gasteiger partial charge in [-0.25, -0.2) is 0 Å². The van der Waals surface area contributed by atoms with Gasteiger partial charge in [0.1, 0.15) is 5.75 Å².